The molecule has 0 amide bonds. The van der Waals surface area contributed by atoms with Crippen molar-refractivity contribution in [1.82, 2.24) is 5.32 Å². The van der Waals surface area contributed by atoms with Crippen molar-refractivity contribution in [3.63, 3.8) is 0 Å². The van der Waals surface area contributed by atoms with Gasteiger partial charge >= 0.3 is 0 Å². The molecule has 0 saturated carbocycles. The van der Waals surface area contributed by atoms with Crippen molar-refractivity contribution in [3.05, 3.63) is 34.3 Å². The van der Waals surface area contributed by atoms with Crippen LogP contribution < -0.4 is 5.32 Å². The largest absolute Gasteiger partial charge is 0.310 e. The van der Waals surface area contributed by atoms with Crippen LogP contribution in [0.2, 0.25) is 0 Å². The molecular formula is C13H19BrClN. The molecule has 0 bridgehead atoms. The zero-order chi connectivity index (χ0) is 12.0. The molecule has 0 aliphatic carbocycles. The first-order valence-electron chi connectivity index (χ1n) is 5.68. The molecule has 1 atom stereocenters. The van der Waals surface area contributed by atoms with Crippen LogP contribution in [0.3, 0.4) is 0 Å². The van der Waals surface area contributed by atoms with E-state index in [4.69, 9.17) is 11.6 Å². The normalized spacial score (nSPS) is 13.1. The summed E-state index contributed by atoms with van der Waals surface area (Å²) in [5, 5.41) is 3.56. The molecule has 1 aromatic rings. The van der Waals surface area contributed by atoms with Crippen LogP contribution in [0.1, 0.15) is 25.8 Å². The van der Waals surface area contributed by atoms with Gasteiger partial charge in [0.2, 0.25) is 0 Å². The third kappa shape index (κ3) is 4.44. The summed E-state index contributed by atoms with van der Waals surface area (Å²) in [6.07, 6.45) is 1.02. The summed E-state index contributed by atoms with van der Waals surface area (Å²) in [4.78, 5) is 0. The van der Waals surface area contributed by atoms with Crippen molar-refractivity contribution in [2.24, 2.45) is 5.92 Å². The van der Waals surface area contributed by atoms with Crippen molar-refractivity contribution in [3.8, 4) is 0 Å². The molecule has 0 aromatic heterocycles. The average Bonchev–Trinajstić information content (AvgIpc) is 2.26. The van der Waals surface area contributed by atoms with Crippen molar-refractivity contribution >= 4 is 27.5 Å². The van der Waals surface area contributed by atoms with Crippen LogP contribution in [0, 0.1) is 5.92 Å². The second-order valence-electron chi connectivity index (χ2n) is 4.30. The zero-order valence-electron chi connectivity index (χ0n) is 9.84. The first-order valence-corrected chi connectivity index (χ1v) is 7.00. The van der Waals surface area contributed by atoms with Gasteiger partial charge in [-0.2, -0.15) is 0 Å². The van der Waals surface area contributed by atoms with Gasteiger partial charge in [-0.05, 0) is 24.0 Å². The fourth-order valence-electron chi connectivity index (χ4n) is 1.67. The first kappa shape index (κ1) is 14.0. The SMILES string of the molecule is CC(C)C(CCCl)NCc1ccccc1Br. The number of benzene rings is 1. The second kappa shape index (κ2) is 7.31. The number of nitrogens with one attached hydrogen (secondary N) is 1. The number of hydrogen-bond donors (Lipinski definition) is 1. The zero-order valence-corrected chi connectivity index (χ0v) is 12.2. The van der Waals surface area contributed by atoms with Gasteiger partial charge in [-0.25, -0.2) is 0 Å². The van der Waals surface area contributed by atoms with Crippen LogP contribution >= 0.6 is 27.5 Å². The lowest BCUT2D eigenvalue weighted by molar-refractivity contribution is 0.389. The van der Waals surface area contributed by atoms with Crippen LogP contribution in [0.4, 0.5) is 0 Å². The highest BCUT2D eigenvalue weighted by Crippen LogP contribution is 2.16. The maximum Gasteiger partial charge on any atom is 0.0238 e. The number of halogens is 2. The lowest BCUT2D eigenvalue weighted by Gasteiger charge is -2.21. The lowest BCUT2D eigenvalue weighted by atomic mass is 10.0. The van der Waals surface area contributed by atoms with E-state index in [9.17, 15) is 0 Å². The van der Waals surface area contributed by atoms with Gasteiger partial charge in [0.15, 0.2) is 0 Å². The molecule has 1 aromatic carbocycles. The van der Waals surface area contributed by atoms with Crippen LogP contribution in [-0.2, 0) is 6.54 Å². The van der Waals surface area contributed by atoms with Crippen LogP contribution in [0.25, 0.3) is 0 Å². The summed E-state index contributed by atoms with van der Waals surface area (Å²) in [7, 11) is 0. The number of alkyl halides is 1. The van der Waals surface area contributed by atoms with Gasteiger partial charge in [0, 0.05) is 22.9 Å². The minimum Gasteiger partial charge on any atom is -0.310 e. The molecule has 0 aliphatic rings. The van der Waals surface area contributed by atoms with Crippen LogP contribution in [0.5, 0.6) is 0 Å². The monoisotopic (exact) mass is 303 g/mol. The molecule has 16 heavy (non-hydrogen) atoms. The van der Waals surface area contributed by atoms with Gasteiger partial charge in [0.1, 0.15) is 0 Å². The van der Waals surface area contributed by atoms with E-state index >= 15 is 0 Å². The van der Waals surface area contributed by atoms with Crippen molar-refractivity contribution in [1.29, 1.82) is 0 Å². The fourth-order valence-corrected chi connectivity index (χ4v) is 2.33. The Morgan fingerprint density at radius 2 is 2.00 bits per heavy atom. The summed E-state index contributed by atoms with van der Waals surface area (Å²) in [6, 6.07) is 8.79. The van der Waals surface area contributed by atoms with Crippen molar-refractivity contribution in [2.75, 3.05) is 5.88 Å². The highest BCUT2D eigenvalue weighted by molar-refractivity contribution is 9.10. The fraction of sp³-hybridized carbons (Fsp3) is 0.538. The molecule has 0 aliphatic heterocycles. The van der Waals surface area contributed by atoms with Gasteiger partial charge in [-0.1, -0.05) is 48.0 Å². The van der Waals surface area contributed by atoms with Crippen LogP contribution in [0.15, 0.2) is 28.7 Å². The molecule has 0 radical (unpaired) electrons. The Hall–Kier alpha value is -0.0500. The summed E-state index contributed by atoms with van der Waals surface area (Å²) >= 11 is 9.36. The molecule has 3 heteroatoms. The number of hydrogen-bond acceptors (Lipinski definition) is 1. The Bertz CT molecular complexity index is 315. The molecule has 1 N–H and O–H groups in total. The van der Waals surface area contributed by atoms with Gasteiger partial charge in [-0.3, -0.25) is 0 Å². The minimum absolute atomic E-state index is 0.490. The van der Waals surface area contributed by atoms with Gasteiger partial charge in [0.05, 0.1) is 0 Å². The Balaban J connectivity index is 2.52. The standard InChI is InChI=1S/C13H19BrClN/c1-10(2)13(7-8-15)16-9-11-5-3-4-6-12(11)14/h3-6,10,13,16H,7-9H2,1-2H3. The molecule has 90 valence electrons. The maximum absolute atomic E-state index is 5.80. The molecule has 0 saturated heterocycles. The Morgan fingerprint density at radius 3 is 2.56 bits per heavy atom. The molecule has 1 rings (SSSR count). The molecule has 1 nitrogen and oxygen atoms in total. The van der Waals surface area contributed by atoms with E-state index in [1.165, 1.54) is 5.56 Å². The topological polar surface area (TPSA) is 12.0 Å². The first-order chi connectivity index (χ1) is 7.65. The highest BCUT2D eigenvalue weighted by Gasteiger charge is 2.12. The van der Waals surface area contributed by atoms with Crippen LogP contribution in [-0.4, -0.2) is 11.9 Å². The Morgan fingerprint density at radius 1 is 1.31 bits per heavy atom. The quantitative estimate of drug-likeness (QED) is 0.777. The van der Waals surface area contributed by atoms with Crippen molar-refractivity contribution < 1.29 is 0 Å². The molecule has 0 heterocycles. The van der Waals surface area contributed by atoms with E-state index in [2.05, 4.69) is 53.3 Å². The molecule has 0 spiro atoms. The van der Waals surface area contributed by atoms with E-state index in [1.54, 1.807) is 0 Å². The predicted octanol–water partition coefficient (Wildman–Crippen LogP) is 4.19. The summed E-state index contributed by atoms with van der Waals surface area (Å²) in [5.41, 5.74) is 1.29. The Labute approximate surface area is 112 Å². The molecular weight excluding hydrogens is 286 g/mol. The summed E-state index contributed by atoms with van der Waals surface area (Å²) < 4.78 is 1.16. The second-order valence-corrected chi connectivity index (χ2v) is 5.53. The highest BCUT2D eigenvalue weighted by atomic mass is 79.9. The van der Waals surface area contributed by atoms with E-state index < -0.39 is 0 Å². The van der Waals surface area contributed by atoms with E-state index in [0.29, 0.717) is 17.8 Å². The van der Waals surface area contributed by atoms with E-state index in [0.717, 1.165) is 17.4 Å². The average molecular weight is 305 g/mol. The number of rotatable bonds is 6. The van der Waals surface area contributed by atoms with Gasteiger partial charge in [0.25, 0.3) is 0 Å². The van der Waals surface area contributed by atoms with Gasteiger partial charge in [-0.15, -0.1) is 11.6 Å². The predicted molar refractivity (Wildman–Crippen MR) is 74.9 cm³/mol. The van der Waals surface area contributed by atoms with E-state index in [1.807, 2.05) is 6.07 Å². The van der Waals surface area contributed by atoms with Gasteiger partial charge < -0.3 is 5.32 Å². The minimum atomic E-state index is 0.490. The summed E-state index contributed by atoms with van der Waals surface area (Å²) in [5.74, 6) is 1.33. The summed E-state index contributed by atoms with van der Waals surface area (Å²) in [6.45, 7) is 5.34. The van der Waals surface area contributed by atoms with E-state index in [-0.39, 0.29) is 0 Å². The Kier molecular flexibility index (Phi) is 6.40. The third-order valence-electron chi connectivity index (χ3n) is 2.74. The third-order valence-corrected chi connectivity index (χ3v) is 3.73. The lowest BCUT2D eigenvalue weighted by Crippen LogP contribution is -2.33. The molecule has 1 unspecified atom stereocenters. The smallest absolute Gasteiger partial charge is 0.0238 e. The van der Waals surface area contributed by atoms with Crippen molar-refractivity contribution in [2.45, 2.75) is 32.9 Å². The maximum atomic E-state index is 5.80. The molecule has 0 fully saturated rings.